The van der Waals surface area contributed by atoms with Gasteiger partial charge in [-0.25, -0.2) is 0 Å². The number of rotatable bonds is 1. The molecule has 4 rings (SSSR count). The zero-order valence-corrected chi connectivity index (χ0v) is 11.5. The van der Waals surface area contributed by atoms with Crippen LogP contribution in [0.5, 0.6) is 0 Å². The number of hydrogen-bond donors (Lipinski definition) is 1. The van der Waals surface area contributed by atoms with Gasteiger partial charge in [-0.3, -0.25) is 4.98 Å². The van der Waals surface area contributed by atoms with Crippen molar-refractivity contribution in [3.8, 4) is 0 Å². The summed E-state index contributed by atoms with van der Waals surface area (Å²) >= 11 is 0. The van der Waals surface area contributed by atoms with Crippen LogP contribution in [0.25, 0.3) is 21.9 Å². The molecule has 20 heavy (non-hydrogen) atoms. The molecular weight excluding hydrogens is 246 g/mol. The lowest BCUT2D eigenvalue weighted by molar-refractivity contribution is 0.557. The zero-order valence-electron chi connectivity index (χ0n) is 11.5. The summed E-state index contributed by atoms with van der Waals surface area (Å²) < 4.78 is 2.41. The molecule has 0 spiro atoms. The number of benzene rings is 1. The smallest absolute Gasteiger partial charge is 0.0959 e. The molecule has 2 aromatic heterocycles. The van der Waals surface area contributed by atoms with Crippen LogP contribution in [0.1, 0.15) is 11.6 Å². The Labute approximate surface area is 117 Å². The molecule has 1 aromatic carbocycles. The van der Waals surface area contributed by atoms with Crippen molar-refractivity contribution in [3.63, 3.8) is 0 Å². The highest BCUT2D eigenvalue weighted by Crippen LogP contribution is 2.31. The molecule has 0 bridgehead atoms. The Kier molecular flexibility index (Phi) is 2.60. The molecule has 1 unspecified atom stereocenters. The van der Waals surface area contributed by atoms with Crippen LogP contribution in [0.4, 0.5) is 0 Å². The molecule has 0 amide bonds. The molecule has 1 atom stereocenters. The molecule has 1 aliphatic rings. The van der Waals surface area contributed by atoms with Crippen molar-refractivity contribution in [2.24, 2.45) is 0 Å². The molecule has 1 aliphatic heterocycles. The summed E-state index contributed by atoms with van der Waals surface area (Å²) in [5.41, 5.74) is 4.87. The fourth-order valence-corrected chi connectivity index (χ4v) is 3.11. The molecule has 3 nitrogen and oxygen atoms in total. The van der Waals surface area contributed by atoms with Crippen LogP contribution in [0.2, 0.25) is 0 Å². The highest BCUT2D eigenvalue weighted by Gasteiger charge is 2.18. The minimum absolute atomic E-state index is 0.356. The van der Waals surface area contributed by atoms with Gasteiger partial charge >= 0.3 is 0 Å². The summed E-state index contributed by atoms with van der Waals surface area (Å²) in [6, 6.07) is 11.2. The second-order valence-corrected chi connectivity index (χ2v) is 5.42. The quantitative estimate of drug-likeness (QED) is 0.683. The molecule has 0 fully saturated rings. The van der Waals surface area contributed by atoms with Gasteiger partial charge in [0, 0.05) is 24.7 Å². The molecule has 3 heterocycles. The maximum atomic E-state index is 4.59. The van der Waals surface area contributed by atoms with E-state index in [1.165, 1.54) is 22.0 Å². The predicted octanol–water partition coefficient (Wildman–Crippen LogP) is 3.20. The van der Waals surface area contributed by atoms with E-state index in [1.807, 2.05) is 12.3 Å². The van der Waals surface area contributed by atoms with E-state index in [-0.39, 0.29) is 0 Å². The molecule has 0 saturated carbocycles. The van der Waals surface area contributed by atoms with Gasteiger partial charge in [-0.1, -0.05) is 24.3 Å². The van der Waals surface area contributed by atoms with Crippen LogP contribution < -0.4 is 5.32 Å². The number of aryl methyl sites for hydroxylation is 1. The van der Waals surface area contributed by atoms with Crippen LogP contribution >= 0.6 is 0 Å². The van der Waals surface area contributed by atoms with Crippen LogP contribution in [0, 0.1) is 6.92 Å². The average molecular weight is 263 g/mol. The van der Waals surface area contributed by atoms with Crippen molar-refractivity contribution in [2.75, 3.05) is 13.1 Å². The summed E-state index contributed by atoms with van der Waals surface area (Å²) in [7, 11) is 0. The first-order chi connectivity index (χ1) is 9.84. The summed E-state index contributed by atoms with van der Waals surface area (Å²) in [6.45, 7) is 4.08. The molecule has 0 aliphatic carbocycles. The van der Waals surface area contributed by atoms with Crippen molar-refractivity contribution >= 4 is 21.9 Å². The number of nitrogens with zero attached hydrogens (tertiary/aromatic N) is 2. The SMILES string of the molecule is Cc1ccc2c3ncccc3n(C3C=CCNC3)c2c1. The van der Waals surface area contributed by atoms with Gasteiger partial charge in [0.2, 0.25) is 0 Å². The molecule has 0 saturated heterocycles. The molecular formula is C17H17N3. The maximum absolute atomic E-state index is 4.59. The van der Waals surface area contributed by atoms with Gasteiger partial charge in [-0.2, -0.15) is 0 Å². The predicted molar refractivity (Wildman–Crippen MR) is 83.0 cm³/mol. The lowest BCUT2D eigenvalue weighted by Gasteiger charge is -2.21. The van der Waals surface area contributed by atoms with Crippen molar-refractivity contribution < 1.29 is 0 Å². The lowest BCUT2D eigenvalue weighted by Crippen LogP contribution is -2.27. The Balaban J connectivity index is 2.11. The molecule has 100 valence electrons. The van der Waals surface area contributed by atoms with E-state index in [1.54, 1.807) is 0 Å². The number of nitrogens with one attached hydrogen (secondary N) is 1. The van der Waals surface area contributed by atoms with Gasteiger partial charge < -0.3 is 9.88 Å². The van der Waals surface area contributed by atoms with E-state index in [0.29, 0.717) is 6.04 Å². The first-order valence-electron chi connectivity index (χ1n) is 7.07. The summed E-state index contributed by atoms with van der Waals surface area (Å²) in [4.78, 5) is 4.59. The number of aromatic nitrogens is 2. The topological polar surface area (TPSA) is 29.9 Å². The van der Waals surface area contributed by atoms with Crippen molar-refractivity contribution in [3.05, 3.63) is 54.2 Å². The van der Waals surface area contributed by atoms with E-state index in [9.17, 15) is 0 Å². The van der Waals surface area contributed by atoms with E-state index < -0.39 is 0 Å². The third-order valence-electron chi connectivity index (χ3n) is 4.02. The molecule has 3 heteroatoms. The van der Waals surface area contributed by atoms with Gasteiger partial charge in [0.1, 0.15) is 0 Å². The summed E-state index contributed by atoms with van der Waals surface area (Å²) in [6.07, 6.45) is 6.38. The maximum Gasteiger partial charge on any atom is 0.0959 e. The number of pyridine rings is 1. The van der Waals surface area contributed by atoms with E-state index >= 15 is 0 Å². The van der Waals surface area contributed by atoms with Crippen LogP contribution in [-0.4, -0.2) is 22.6 Å². The Morgan fingerprint density at radius 3 is 3.05 bits per heavy atom. The van der Waals surface area contributed by atoms with Crippen LogP contribution in [0.3, 0.4) is 0 Å². The largest absolute Gasteiger partial charge is 0.331 e. The normalized spacial score (nSPS) is 18.9. The van der Waals surface area contributed by atoms with Crippen molar-refractivity contribution in [1.29, 1.82) is 0 Å². The zero-order chi connectivity index (χ0) is 13.5. The molecule has 1 N–H and O–H groups in total. The average Bonchev–Trinajstić information content (AvgIpc) is 2.81. The molecule has 0 radical (unpaired) electrons. The number of hydrogen-bond acceptors (Lipinski definition) is 2. The molecule has 3 aromatic rings. The monoisotopic (exact) mass is 263 g/mol. The van der Waals surface area contributed by atoms with Gasteiger partial charge in [0.05, 0.1) is 22.6 Å². The van der Waals surface area contributed by atoms with Crippen LogP contribution in [0.15, 0.2) is 48.7 Å². The van der Waals surface area contributed by atoms with Crippen LogP contribution in [-0.2, 0) is 0 Å². The Morgan fingerprint density at radius 1 is 1.25 bits per heavy atom. The minimum atomic E-state index is 0.356. The standard InChI is InChI=1S/C17H17N3/c1-12-6-7-14-16(10-12)20(13-4-2-8-18-11-13)15-5-3-9-19-17(14)15/h2-7,9-10,13,18H,8,11H2,1H3. The third kappa shape index (κ3) is 1.67. The van der Waals surface area contributed by atoms with Gasteiger partial charge in [0.25, 0.3) is 0 Å². The third-order valence-corrected chi connectivity index (χ3v) is 4.02. The van der Waals surface area contributed by atoms with E-state index in [4.69, 9.17) is 0 Å². The van der Waals surface area contributed by atoms with E-state index in [0.717, 1.165) is 18.6 Å². The highest BCUT2D eigenvalue weighted by atomic mass is 15.1. The summed E-state index contributed by atoms with van der Waals surface area (Å²) in [5, 5.41) is 4.68. The Morgan fingerprint density at radius 2 is 2.20 bits per heavy atom. The van der Waals surface area contributed by atoms with Crippen molar-refractivity contribution in [2.45, 2.75) is 13.0 Å². The van der Waals surface area contributed by atoms with Gasteiger partial charge in [-0.05, 0) is 30.7 Å². The fourth-order valence-electron chi connectivity index (χ4n) is 3.11. The Hall–Kier alpha value is -2.13. The Bertz CT molecular complexity index is 814. The van der Waals surface area contributed by atoms with Gasteiger partial charge in [0.15, 0.2) is 0 Å². The van der Waals surface area contributed by atoms with Crippen molar-refractivity contribution in [1.82, 2.24) is 14.9 Å². The van der Waals surface area contributed by atoms with Gasteiger partial charge in [-0.15, -0.1) is 0 Å². The lowest BCUT2D eigenvalue weighted by atomic mass is 10.1. The number of fused-ring (bicyclic) bond motifs is 3. The summed E-state index contributed by atoms with van der Waals surface area (Å²) in [5.74, 6) is 0. The second-order valence-electron chi connectivity index (χ2n) is 5.42. The second kappa shape index (κ2) is 4.46. The first-order valence-corrected chi connectivity index (χ1v) is 7.07. The first kappa shape index (κ1) is 11.7. The fraction of sp³-hybridized carbons (Fsp3) is 0.235. The highest BCUT2D eigenvalue weighted by molar-refractivity contribution is 6.06. The van der Waals surface area contributed by atoms with E-state index in [2.05, 4.69) is 58.2 Å². The minimum Gasteiger partial charge on any atom is -0.331 e.